The second kappa shape index (κ2) is 5.52. The van der Waals surface area contributed by atoms with Gasteiger partial charge in [0.15, 0.2) is 0 Å². The van der Waals surface area contributed by atoms with Gasteiger partial charge in [-0.1, -0.05) is 6.07 Å². The van der Waals surface area contributed by atoms with Crippen LogP contribution in [0.5, 0.6) is 0 Å². The summed E-state index contributed by atoms with van der Waals surface area (Å²) in [7, 11) is 1.94. The van der Waals surface area contributed by atoms with Gasteiger partial charge in [0, 0.05) is 22.5 Å². The van der Waals surface area contributed by atoms with Gasteiger partial charge < -0.3 is 5.32 Å². The van der Waals surface area contributed by atoms with Crippen molar-refractivity contribution >= 4 is 44.1 Å². The minimum atomic E-state index is 0.846. The monoisotopic (exact) mass is 381 g/mol. The highest BCUT2D eigenvalue weighted by molar-refractivity contribution is 14.1. The third-order valence-electron chi connectivity index (χ3n) is 2.82. The largest absolute Gasteiger partial charge is 0.316 e. The molecule has 0 aliphatic rings. The van der Waals surface area contributed by atoms with E-state index in [0.29, 0.717) is 0 Å². The molecule has 0 amide bonds. The molecule has 0 aliphatic carbocycles. The van der Waals surface area contributed by atoms with E-state index in [1.807, 2.05) is 25.5 Å². The summed E-state index contributed by atoms with van der Waals surface area (Å²) in [6.45, 7) is 0.846. The molecule has 96 valence electrons. The Labute approximate surface area is 129 Å². The Morgan fingerprint density at radius 2 is 2.16 bits per heavy atom. The molecule has 5 heteroatoms. The smallest absolute Gasteiger partial charge is 0.0827 e. The zero-order valence-corrected chi connectivity index (χ0v) is 13.3. The van der Waals surface area contributed by atoms with Crippen molar-refractivity contribution in [2.24, 2.45) is 0 Å². The number of rotatable bonds is 3. The molecule has 19 heavy (non-hydrogen) atoms. The lowest BCUT2D eigenvalue weighted by Gasteiger charge is -2.00. The maximum absolute atomic E-state index is 4.53. The van der Waals surface area contributed by atoms with Crippen molar-refractivity contribution < 1.29 is 0 Å². The topological polar surface area (TPSA) is 37.8 Å². The summed E-state index contributed by atoms with van der Waals surface area (Å²) in [6, 6.07) is 8.33. The maximum atomic E-state index is 4.53. The lowest BCUT2D eigenvalue weighted by molar-refractivity contribution is 0.814. The average Bonchev–Trinajstić information content (AvgIpc) is 2.85. The number of pyridine rings is 2. The van der Waals surface area contributed by atoms with Crippen LogP contribution in [0.15, 0.2) is 36.7 Å². The Hall–Kier alpha value is -1.05. The molecule has 3 aromatic heterocycles. The van der Waals surface area contributed by atoms with Crippen molar-refractivity contribution in [3.8, 4) is 10.6 Å². The van der Waals surface area contributed by atoms with Crippen LogP contribution in [0.4, 0.5) is 0 Å². The fourth-order valence-corrected chi connectivity index (χ4v) is 3.68. The van der Waals surface area contributed by atoms with Gasteiger partial charge in [0.1, 0.15) is 0 Å². The van der Waals surface area contributed by atoms with Gasteiger partial charge in [0.05, 0.1) is 20.8 Å². The summed E-state index contributed by atoms with van der Waals surface area (Å²) in [5.41, 5.74) is 3.26. The van der Waals surface area contributed by atoms with Crippen molar-refractivity contribution in [2.75, 3.05) is 7.05 Å². The quantitative estimate of drug-likeness (QED) is 0.704. The van der Waals surface area contributed by atoms with Crippen molar-refractivity contribution in [3.63, 3.8) is 0 Å². The van der Waals surface area contributed by atoms with Crippen molar-refractivity contribution in [1.29, 1.82) is 0 Å². The van der Waals surface area contributed by atoms with Crippen LogP contribution in [0.2, 0.25) is 0 Å². The van der Waals surface area contributed by atoms with Crippen molar-refractivity contribution in [2.45, 2.75) is 6.54 Å². The minimum absolute atomic E-state index is 0.846. The fourth-order valence-electron chi connectivity index (χ4n) is 1.91. The molecule has 1 N–H and O–H groups in total. The third kappa shape index (κ3) is 2.63. The van der Waals surface area contributed by atoms with E-state index in [9.17, 15) is 0 Å². The summed E-state index contributed by atoms with van der Waals surface area (Å²) in [6.07, 6.45) is 3.78. The first-order chi connectivity index (χ1) is 9.28. The number of halogens is 1. The van der Waals surface area contributed by atoms with Crippen molar-refractivity contribution in [1.82, 2.24) is 15.3 Å². The number of nitrogens with one attached hydrogen (secondary N) is 1. The first-order valence-electron chi connectivity index (χ1n) is 5.92. The Morgan fingerprint density at radius 3 is 2.84 bits per heavy atom. The van der Waals surface area contributed by atoms with Gasteiger partial charge in [-0.2, -0.15) is 0 Å². The van der Waals surface area contributed by atoms with Gasteiger partial charge in [-0.15, -0.1) is 11.3 Å². The van der Waals surface area contributed by atoms with Crippen LogP contribution < -0.4 is 5.32 Å². The van der Waals surface area contributed by atoms with E-state index in [2.05, 4.69) is 56.1 Å². The van der Waals surface area contributed by atoms with E-state index in [1.54, 1.807) is 11.3 Å². The number of hydrogen-bond acceptors (Lipinski definition) is 4. The van der Waals surface area contributed by atoms with Gasteiger partial charge in [-0.25, -0.2) is 0 Å². The van der Waals surface area contributed by atoms with Crippen LogP contribution in [0.3, 0.4) is 0 Å². The number of fused-ring (bicyclic) bond motifs is 1. The van der Waals surface area contributed by atoms with Crippen LogP contribution in [0.1, 0.15) is 5.56 Å². The molecule has 3 heterocycles. The summed E-state index contributed by atoms with van der Waals surface area (Å²) >= 11 is 4.10. The van der Waals surface area contributed by atoms with Crippen LogP contribution in [-0.4, -0.2) is 17.0 Å². The number of hydrogen-bond donors (Lipinski definition) is 1. The van der Waals surface area contributed by atoms with Crippen LogP contribution >= 0.6 is 33.9 Å². The predicted molar refractivity (Wildman–Crippen MR) is 88.3 cm³/mol. The molecule has 0 aromatic carbocycles. The summed E-state index contributed by atoms with van der Waals surface area (Å²) < 4.78 is 2.48. The Kier molecular flexibility index (Phi) is 3.76. The van der Waals surface area contributed by atoms with E-state index in [1.165, 1.54) is 18.7 Å². The van der Waals surface area contributed by atoms with Crippen LogP contribution in [0.25, 0.3) is 20.8 Å². The van der Waals surface area contributed by atoms with Gasteiger partial charge in [-0.05, 0) is 53.4 Å². The third-order valence-corrected chi connectivity index (χ3v) is 5.27. The molecule has 0 aliphatic heterocycles. The average molecular weight is 381 g/mol. The van der Waals surface area contributed by atoms with Gasteiger partial charge in [0.25, 0.3) is 0 Å². The summed E-state index contributed by atoms with van der Waals surface area (Å²) in [5.74, 6) is 0. The molecule has 0 atom stereocenters. The maximum Gasteiger partial charge on any atom is 0.0827 e. The minimum Gasteiger partial charge on any atom is -0.316 e. The molecule has 0 fully saturated rings. The summed E-state index contributed by atoms with van der Waals surface area (Å²) in [5, 5.41) is 3.12. The first-order valence-corrected chi connectivity index (χ1v) is 7.81. The highest BCUT2D eigenvalue weighted by Gasteiger charge is 2.08. The normalized spacial score (nSPS) is 11.1. The molecule has 0 bridgehead atoms. The second-order valence-corrected chi connectivity index (χ2v) is 6.41. The Morgan fingerprint density at radius 1 is 1.26 bits per heavy atom. The van der Waals surface area contributed by atoms with E-state index in [4.69, 9.17) is 0 Å². The van der Waals surface area contributed by atoms with E-state index in [0.717, 1.165) is 17.8 Å². The zero-order chi connectivity index (χ0) is 13.2. The van der Waals surface area contributed by atoms with Gasteiger partial charge in [-0.3, -0.25) is 9.97 Å². The molecule has 0 radical (unpaired) electrons. The standard InChI is InChI=1S/C14H12IN3S/c1-16-7-9-2-3-11(18-8-9)13-6-12-14(19-13)10(15)4-5-17-12/h2-6,8,16H,7H2,1H3. The number of aromatic nitrogens is 2. The van der Waals surface area contributed by atoms with E-state index < -0.39 is 0 Å². The molecule has 3 aromatic rings. The SMILES string of the molecule is CNCc1ccc(-c2cc3nccc(I)c3s2)nc1. The van der Waals surface area contributed by atoms with Crippen LogP contribution in [0, 0.1) is 3.57 Å². The molecule has 0 saturated carbocycles. The molecule has 3 rings (SSSR count). The van der Waals surface area contributed by atoms with E-state index in [-0.39, 0.29) is 0 Å². The lowest BCUT2D eigenvalue weighted by atomic mass is 10.2. The highest BCUT2D eigenvalue weighted by atomic mass is 127. The first kappa shape index (κ1) is 13.0. The second-order valence-electron chi connectivity index (χ2n) is 4.20. The number of nitrogens with zero attached hydrogens (tertiary/aromatic N) is 2. The molecule has 0 spiro atoms. The predicted octanol–water partition coefficient (Wildman–Crippen LogP) is 3.68. The molecule has 0 saturated heterocycles. The Balaban J connectivity index is 2.01. The molecular formula is C14H12IN3S. The van der Waals surface area contributed by atoms with Crippen molar-refractivity contribution in [3.05, 3.63) is 45.8 Å². The fraction of sp³-hybridized carbons (Fsp3) is 0.143. The zero-order valence-electron chi connectivity index (χ0n) is 10.4. The Bertz CT molecular complexity index is 706. The number of thiophene rings is 1. The lowest BCUT2D eigenvalue weighted by Crippen LogP contribution is -2.04. The summed E-state index contributed by atoms with van der Waals surface area (Å²) in [4.78, 5) is 10.1. The highest BCUT2D eigenvalue weighted by Crippen LogP contribution is 2.33. The van der Waals surface area contributed by atoms with Gasteiger partial charge in [0.2, 0.25) is 0 Å². The molecule has 3 nitrogen and oxygen atoms in total. The van der Waals surface area contributed by atoms with Crippen LogP contribution in [-0.2, 0) is 6.54 Å². The van der Waals surface area contributed by atoms with Gasteiger partial charge >= 0.3 is 0 Å². The van der Waals surface area contributed by atoms with E-state index >= 15 is 0 Å². The molecular weight excluding hydrogens is 369 g/mol. The molecule has 0 unspecified atom stereocenters.